The van der Waals surface area contributed by atoms with Crippen molar-refractivity contribution in [1.82, 2.24) is 4.98 Å². The number of carbonyl (C=O) groups is 1. The van der Waals surface area contributed by atoms with Crippen LogP contribution in [0.2, 0.25) is 5.15 Å². The van der Waals surface area contributed by atoms with Crippen LogP contribution in [0, 0.1) is 0 Å². The number of nitrogens with zero attached hydrogens (tertiary/aromatic N) is 1. The second-order valence-corrected chi connectivity index (χ2v) is 4.05. The van der Waals surface area contributed by atoms with Gasteiger partial charge in [-0.1, -0.05) is 17.7 Å². The minimum absolute atomic E-state index is 0.389. The molecule has 18 heavy (non-hydrogen) atoms. The van der Waals surface area contributed by atoms with Gasteiger partial charge in [-0.2, -0.15) is 0 Å². The lowest BCUT2D eigenvalue weighted by Crippen LogP contribution is -2.10. The van der Waals surface area contributed by atoms with E-state index in [1.807, 2.05) is 6.07 Å². The third-order valence-corrected chi connectivity index (χ3v) is 2.56. The van der Waals surface area contributed by atoms with Crippen LogP contribution >= 0.6 is 11.6 Å². The zero-order valence-electron chi connectivity index (χ0n) is 9.47. The maximum atomic E-state index is 10.9. The number of primary amides is 1. The van der Waals surface area contributed by atoms with Crippen LogP contribution in [0.5, 0.6) is 5.75 Å². The second kappa shape index (κ2) is 5.51. The molecule has 0 radical (unpaired) electrons. The average molecular weight is 263 g/mol. The number of nitrogens with two attached hydrogens (primary N) is 1. The first kappa shape index (κ1) is 12.4. The Hall–Kier alpha value is -2.07. The van der Waals surface area contributed by atoms with Crippen LogP contribution in [0.3, 0.4) is 0 Å². The van der Waals surface area contributed by atoms with Crippen molar-refractivity contribution >= 4 is 17.5 Å². The van der Waals surface area contributed by atoms with Crippen LogP contribution in [-0.2, 0) is 6.61 Å². The Kier molecular flexibility index (Phi) is 3.79. The smallest absolute Gasteiger partial charge is 0.248 e. The SMILES string of the molecule is NC(=O)c1ccc(OCc2ccc(Cl)nc2)cc1. The fraction of sp³-hybridized carbons (Fsp3) is 0.0769. The van der Waals surface area contributed by atoms with E-state index in [-0.39, 0.29) is 0 Å². The van der Waals surface area contributed by atoms with Gasteiger partial charge in [-0.05, 0) is 30.3 Å². The van der Waals surface area contributed by atoms with Crippen LogP contribution in [0.1, 0.15) is 15.9 Å². The number of halogens is 1. The molecule has 4 nitrogen and oxygen atoms in total. The summed E-state index contributed by atoms with van der Waals surface area (Å²) in [6, 6.07) is 10.2. The molecular weight excluding hydrogens is 252 g/mol. The van der Waals surface area contributed by atoms with Crippen LogP contribution in [0.15, 0.2) is 42.6 Å². The summed E-state index contributed by atoms with van der Waals surface area (Å²) in [4.78, 5) is 14.8. The third kappa shape index (κ3) is 3.21. The molecule has 0 saturated carbocycles. The minimum atomic E-state index is -0.455. The number of aromatic nitrogens is 1. The van der Waals surface area contributed by atoms with Gasteiger partial charge in [0.05, 0.1) is 0 Å². The summed E-state index contributed by atoms with van der Waals surface area (Å²) in [5.41, 5.74) is 6.51. The first-order valence-corrected chi connectivity index (χ1v) is 5.66. The van der Waals surface area contributed by atoms with Crippen molar-refractivity contribution in [3.8, 4) is 5.75 Å². The molecule has 0 aliphatic heterocycles. The first-order valence-electron chi connectivity index (χ1n) is 5.28. The summed E-state index contributed by atoms with van der Waals surface area (Å²) >= 11 is 5.68. The van der Waals surface area contributed by atoms with Gasteiger partial charge in [0.1, 0.15) is 17.5 Å². The molecule has 1 heterocycles. The van der Waals surface area contributed by atoms with Crippen LogP contribution < -0.4 is 10.5 Å². The van der Waals surface area contributed by atoms with Gasteiger partial charge in [0, 0.05) is 17.3 Å². The summed E-state index contributed by atoms with van der Waals surface area (Å²) in [5, 5.41) is 0.449. The predicted molar refractivity (Wildman–Crippen MR) is 68.5 cm³/mol. The third-order valence-electron chi connectivity index (χ3n) is 2.33. The molecule has 0 aliphatic rings. The fourth-order valence-corrected chi connectivity index (χ4v) is 1.49. The average Bonchev–Trinajstić information content (AvgIpc) is 2.38. The van der Waals surface area contributed by atoms with E-state index in [9.17, 15) is 4.79 Å². The molecule has 2 aromatic rings. The van der Waals surface area contributed by atoms with Crippen molar-refractivity contribution in [2.75, 3.05) is 0 Å². The van der Waals surface area contributed by atoms with Crippen molar-refractivity contribution in [1.29, 1.82) is 0 Å². The van der Waals surface area contributed by atoms with E-state index in [1.165, 1.54) is 0 Å². The monoisotopic (exact) mass is 262 g/mol. The molecule has 0 spiro atoms. The van der Waals surface area contributed by atoms with Gasteiger partial charge in [0.2, 0.25) is 5.91 Å². The van der Waals surface area contributed by atoms with Crippen molar-refractivity contribution in [2.24, 2.45) is 5.73 Å². The zero-order chi connectivity index (χ0) is 13.0. The molecule has 5 heteroatoms. The molecule has 2 rings (SSSR count). The van der Waals surface area contributed by atoms with E-state index in [0.717, 1.165) is 5.56 Å². The highest BCUT2D eigenvalue weighted by atomic mass is 35.5. The largest absolute Gasteiger partial charge is 0.489 e. The number of amides is 1. The Morgan fingerprint density at radius 1 is 1.22 bits per heavy atom. The highest BCUT2D eigenvalue weighted by molar-refractivity contribution is 6.29. The van der Waals surface area contributed by atoms with Gasteiger partial charge in [0.25, 0.3) is 0 Å². The van der Waals surface area contributed by atoms with Gasteiger partial charge in [-0.3, -0.25) is 4.79 Å². The molecule has 0 fully saturated rings. The molecule has 0 atom stereocenters. The Morgan fingerprint density at radius 2 is 1.94 bits per heavy atom. The standard InChI is InChI=1S/C13H11ClN2O2/c14-12-6-1-9(7-16-12)8-18-11-4-2-10(3-5-11)13(15)17/h1-7H,8H2,(H2,15,17). The van der Waals surface area contributed by atoms with Crippen molar-refractivity contribution in [3.63, 3.8) is 0 Å². The van der Waals surface area contributed by atoms with Crippen LogP contribution in [-0.4, -0.2) is 10.9 Å². The predicted octanol–water partition coefficient (Wildman–Crippen LogP) is 2.41. The maximum Gasteiger partial charge on any atom is 0.248 e. The molecule has 0 saturated heterocycles. The highest BCUT2D eigenvalue weighted by Crippen LogP contribution is 2.14. The second-order valence-electron chi connectivity index (χ2n) is 3.67. The summed E-state index contributed by atoms with van der Waals surface area (Å²) in [6.45, 7) is 0.389. The highest BCUT2D eigenvalue weighted by Gasteiger charge is 2.01. The van der Waals surface area contributed by atoms with Gasteiger partial charge in [0.15, 0.2) is 0 Å². The Morgan fingerprint density at radius 3 is 2.50 bits per heavy atom. The number of carbonyl (C=O) groups excluding carboxylic acids is 1. The number of hydrogen-bond donors (Lipinski definition) is 1. The topological polar surface area (TPSA) is 65.2 Å². The summed E-state index contributed by atoms with van der Waals surface area (Å²) in [5.74, 6) is 0.207. The molecule has 1 aromatic carbocycles. The van der Waals surface area contributed by atoms with Crippen molar-refractivity contribution in [3.05, 3.63) is 58.9 Å². The molecule has 92 valence electrons. The Labute approximate surface area is 109 Å². The summed E-state index contributed by atoms with van der Waals surface area (Å²) in [6.07, 6.45) is 1.65. The van der Waals surface area contributed by atoms with E-state index in [0.29, 0.717) is 23.1 Å². The van der Waals surface area contributed by atoms with Crippen LogP contribution in [0.4, 0.5) is 0 Å². The fourth-order valence-electron chi connectivity index (χ4n) is 1.37. The first-order chi connectivity index (χ1) is 8.65. The molecule has 1 aromatic heterocycles. The van der Waals surface area contributed by atoms with Gasteiger partial charge in [-0.15, -0.1) is 0 Å². The Bertz CT molecular complexity index is 538. The molecule has 0 aliphatic carbocycles. The maximum absolute atomic E-state index is 10.9. The number of rotatable bonds is 4. The van der Waals surface area contributed by atoms with Crippen molar-refractivity contribution < 1.29 is 9.53 Å². The lowest BCUT2D eigenvalue weighted by Gasteiger charge is -2.06. The number of pyridine rings is 1. The van der Waals surface area contributed by atoms with Crippen LogP contribution in [0.25, 0.3) is 0 Å². The summed E-state index contributed by atoms with van der Waals surface area (Å²) < 4.78 is 5.53. The van der Waals surface area contributed by atoms with Gasteiger partial charge < -0.3 is 10.5 Å². The lowest BCUT2D eigenvalue weighted by atomic mass is 10.2. The van der Waals surface area contributed by atoms with E-state index in [4.69, 9.17) is 22.1 Å². The number of ether oxygens (including phenoxy) is 1. The molecular formula is C13H11ClN2O2. The normalized spacial score (nSPS) is 10.1. The zero-order valence-corrected chi connectivity index (χ0v) is 10.2. The lowest BCUT2D eigenvalue weighted by molar-refractivity contribution is 0.100. The molecule has 0 unspecified atom stereocenters. The van der Waals surface area contributed by atoms with Crippen molar-refractivity contribution in [2.45, 2.75) is 6.61 Å². The van der Waals surface area contributed by atoms with Gasteiger partial charge >= 0.3 is 0 Å². The number of hydrogen-bond acceptors (Lipinski definition) is 3. The summed E-state index contributed by atoms with van der Waals surface area (Å²) in [7, 11) is 0. The van der Waals surface area contributed by atoms with E-state index < -0.39 is 5.91 Å². The van der Waals surface area contributed by atoms with E-state index >= 15 is 0 Å². The molecule has 1 amide bonds. The van der Waals surface area contributed by atoms with Gasteiger partial charge in [-0.25, -0.2) is 4.98 Å². The molecule has 2 N–H and O–H groups in total. The quantitative estimate of drug-likeness (QED) is 0.861. The Balaban J connectivity index is 1.97. The number of benzene rings is 1. The molecule has 0 bridgehead atoms. The minimum Gasteiger partial charge on any atom is -0.489 e. The van der Waals surface area contributed by atoms with E-state index in [1.54, 1.807) is 36.5 Å². The van der Waals surface area contributed by atoms with E-state index in [2.05, 4.69) is 4.98 Å².